The summed E-state index contributed by atoms with van der Waals surface area (Å²) in [4.78, 5) is 7.65. The first-order valence-corrected chi connectivity index (χ1v) is 4.39. The van der Waals surface area contributed by atoms with E-state index >= 15 is 0 Å². The topological polar surface area (TPSA) is 69.6 Å². The number of nitrogens with zero attached hydrogens (tertiary/aromatic N) is 4. The van der Waals surface area contributed by atoms with E-state index in [0.29, 0.717) is 17.3 Å². The molecular weight excluding hydrogens is 197 g/mol. The minimum Gasteiger partial charge on any atom is -0.396 e. The van der Waals surface area contributed by atoms with Gasteiger partial charge >= 0.3 is 0 Å². The van der Waals surface area contributed by atoms with Gasteiger partial charge in [-0.05, 0) is 13.8 Å². The number of rotatable bonds is 1. The zero-order chi connectivity index (χ0) is 11.0. The highest BCUT2D eigenvalue weighted by Crippen LogP contribution is 2.16. The molecule has 0 saturated heterocycles. The Hall–Kier alpha value is -1.98. The second kappa shape index (κ2) is 3.30. The van der Waals surface area contributed by atoms with E-state index in [-0.39, 0.29) is 0 Å². The van der Waals surface area contributed by atoms with Crippen LogP contribution in [0.15, 0.2) is 12.4 Å². The Morgan fingerprint density at radius 2 is 1.87 bits per heavy atom. The molecule has 5 nitrogen and oxygen atoms in total. The van der Waals surface area contributed by atoms with Crippen molar-refractivity contribution in [1.82, 2.24) is 19.7 Å². The van der Waals surface area contributed by atoms with Crippen molar-refractivity contribution in [2.75, 3.05) is 5.73 Å². The van der Waals surface area contributed by atoms with Crippen LogP contribution in [0.2, 0.25) is 0 Å². The van der Waals surface area contributed by atoms with E-state index in [9.17, 15) is 4.39 Å². The molecule has 0 aliphatic carbocycles. The lowest BCUT2D eigenvalue weighted by molar-refractivity contribution is 0.607. The summed E-state index contributed by atoms with van der Waals surface area (Å²) in [5.74, 6) is -0.165. The summed E-state index contributed by atoms with van der Waals surface area (Å²) in [5, 5.41) is 4.15. The van der Waals surface area contributed by atoms with Crippen molar-refractivity contribution >= 4 is 5.69 Å². The Morgan fingerprint density at radius 1 is 1.27 bits per heavy atom. The van der Waals surface area contributed by atoms with Crippen molar-refractivity contribution in [3.05, 3.63) is 29.6 Å². The van der Waals surface area contributed by atoms with Crippen molar-refractivity contribution in [1.29, 1.82) is 0 Å². The van der Waals surface area contributed by atoms with Crippen LogP contribution in [-0.4, -0.2) is 19.7 Å². The van der Waals surface area contributed by atoms with E-state index in [1.165, 1.54) is 4.68 Å². The first-order valence-electron chi connectivity index (χ1n) is 4.39. The summed E-state index contributed by atoms with van der Waals surface area (Å²) in [6, 6.07) is 0. The van der Waals surface area contributed by atoms with Crippen molar-refractivity contribution < 1.29 is 4.39 Å². The number of aryl methyl sites for hydroxylation is 1. The summed E-state index contributed by atoms with van der Waals surface area (Å²) in [5.41, 5.74) is 7.81. The predicted octanol–water partition coefficient (Wildman–Crippen LogP) is 1.00. The van der Waals surface area contributed by atoms with Crippen LogP contribution in [0.1, 0.15) is 11.4 Å². The fourth-order valence-electron chi connectivity index (χ4n) is 1.26. The van der Waals surface area contributed by atoms with Gasteiger partial charge in [0.15, 0.2) is 5.82 Å². The van der Waals surface area contributed by atoms with Crippen LogP contribution >= 0.6 is 0 Å². The van der Waals surface area contributed by atoms with Crippen molar-refractivity contribution in [2.24, 2.45) is 0 Å². The highest BCUT2D eigenvalue weighted by atomic mass is 19.1. The average Bonchev–Trinajstić information content (AvgIpc) is 2.47. The maximum atomic E-state index is 12.6. The number of nitrogen functional groups attached to an aromatic ring is 1. The molecule has 0 spiro atoms. The summed E-state index contributed by atoms with van der Waals surface area (Å²) in [7, 11) is 0. The lowest BCUT2D eigenvalue weighted by Crippen LogP contribution is -2.05. The molecule has 0 aliphatic rings. The lowest BCUT2D eigenvalue weighted by atomic mass is 10.3. The van der Waals surface area contributed by atoms with Crippen LogP contribution in [0.4, 0.5) is 10.1 Å². The van der Waals surface area contributed by atoms with Gasteiger partial charge in [0.2, 0.25) is 0 Å². The van der Waals surface area contributed by atoms with E-state index in [2.05, 4.69) is 15.1 Å². The van der Waals surface area contributed by atoms with Gasteiger partial charge in [-0.2, -0.15) is 5.10 Å². The Bertz CT molecular complexity index is 488. The summed E-state index contributed by atoms with van der Waals surface area (Å²) < 4.78 is 14.1. The van der Waals surface area contributed by atoms with Crippen LogP contribution in [0.25, 0.3) is 5.95 Å². The minimum absolute atomic E-state index is 0.314. The standard InChI is InChI=1S/C9H10FN5/c1-5-8(11)6(2)15(14-5)9-12-3-7(10)4-13-9/h3-4H,11H2,1-2H3. The fraction of sp³-hybridized carbons (Fsp3) is 0.222. The molecule has 2 heterocycles. The number of anilines is 1. The van der Waals surface area contributed by atoms with Crippen LogP contribution in [-0.2, 0) is 0 Å². The van der Waals surface area contributed by atoms with Gasteiger partial charge in [-0.25, -0.2) is 19.0 Å². The molecule has 15 heavy (non-hydrogen) atoms. The van der Waals surface area contributed by atoms with Gasteiger partial charge in [-0.3, -0.25) is 0 Å². The molecule has 0 unspecified atom stereocenters. The zero-order valence-electron chi connectivity index (χ0n) is 8.40. The third-order valence-electron chi connectivity index (χ3n) is 2.14. The van der Waals surface area contributed by atoms with E-state index in [1.54, 1.807) is 6.92 Å². The predicted molar refractivity (Wildman–Crippen MR) is 53.0 cm³/mol. The van der Waals surface area contributed by atoms with Crippen LogP contribution in [0.3, 0.4) is 0 Å². The van der Waals surface area contributed by atoms with Gasteiger partial charge in [-0.1, -0.05) is 0 Å². The van der Waals surface area contributed by atoms with Crippen LogP contribution in [0, 0.1) is 19.7 Å². The molecule has 2 aromatic heterocycles. The number of hydrogen-bond donors (Lipinski definition) is 1. The largest absolute Gasteiger partial charge is 0.396 e. The summed E-state index contributed by atoms with van der Waals surface area (Å²) in [6.45, 7) is 3.60. The lowest BCUT2D eigenvalue weighted by Gasteiger charge is -2.00. The minimum atomic E-state index is -0.478. The smallest absolute Gasteiger partial charge is 0.250 e. The normalized spacial score (nSPS) is 10.6. The first kappa shape index (κ1) is 9.57. The van der Waals surface area contributed by atoms with E-state index in [1.807, 2.05) is 6.92 Å². The average molecular weight is 207 g/mol. The van der Waals surface area contributed by atoms with Crippen molar-refractivity contribution in [3.8, 4) is 5.95 Å². The number of hydrogen-bond acceptors (Lipinski definition) is 4. The second-order valence-corrected chi connectivity index (χ2v) is 3.20. The van der Waals surface area contributed by atoms with Crippen LogP contribution in [0.5, 0.6) is 0 Å². The summed E-state index contributed by atoms with van der Waals surface area (Å²) >= 11 is 0. The van der Waals surface area contributed by atoms with E-state index in [4.69, 9.17) is 5.73 Å². The molecule has 0 radical (unpaired) electrons. The Labute approximate surface area is 85.8 Å². The molecule has 2 aromatic rings. The van der Waals surface area contributed by atoms with Gasteiger partial charge < -0.3 is 5.73 Å². The SMILES string of the molecule is Cc1nn(-c2ncc(F)cn2)c(C)c1N. The third kappa shape index (κ3) is 1.54. The Kier molecular flexibility index (Phi) is 2.11. The quantitative estimate of drug-likeness (QED) is 0.757. The van der Waals surface area contributed by atoms with Gasteiger partial charge in [0, 0.05) is 0 Å². The Morgan fingerprint density at radius 3 is 2.33 bits per heavy atom. The molecular formula is C9H10FN5. The maximum absolute atomic E-state index is 12.6. The third-order valence-corrected chi connectivity index (χ3v) is 2.14. The molecule has 0 aromatic carbocycles. The first-order chi connectivity index (χ1) is 7.09. The molecule has 0 atom stereocenters. The zero-order valence-corrected chi connectivity index (χ0v) is 8.40. The molecule has 0 bridgehead atoms. The molecule has 2 rings (SSSR count). The van der Waals surface area contributed by atoms with Crippen LogP contribution < -0.4 is 5.73 Å². The Balaban J connectivity index is 2.54. The number of nitrogens with two attached hydrogens (primary N) is 1. The highest BCUT2D eigenvalue weighted by Gasteiger charge is 2.11. The highest BCUT2D eigenvalue weighted by molar-refractivity contribution is 5.48. The molecule has 6 heteroatoms. The maximum Gasteiger partial charge on any atom is 0.250 e. The summed E-state index contributed by atoms with van der Waals surface area (Å²) in [6.07, 6.45) is 2.18. The monoisotopic (exact) mass is 207 g/mol. The molecule has 0 saturated carbocycles. The van der Waals surface area contributed by atoms with Crippen molar-refractivity contribution in [3.63, 3.8) is 0 Å². The number of halogens is 1. The molecule has 0 aliphatic heterocycles. The van der Waals surface area contributed by atoms with Gasteiger partial charge in [0.25, 0.3) is 5.95 Å². The van der Waals surface area contributed by atoms with Gasteiger partial charge in [0.1, 0.15) is 0 Å². The number of aromatic nitrogens is 4. The molecule has 78 valence electrons. The fourth-order valence-corrected chi connectivity index (χ4v) is 1.26. The van der Waals surface area contributed by atoms with E-state index in [0.717, 1.165) is 18.1 Å². The van der Waals surface area contributed by atoms with Gasteiger partial charge in [0.05, 0.1) is 29.5 Å². The molecule has 0 amide bonds. The van der Waals surface area contributed by atoms with E-state index < -0.39 is 5.82 Å². The molecule has 2 N–H and O–H groups in total. The van der Waals surface area contributed by atoms with Crippen molar-refractivity contribution in [2.45, 2.75) is 13.8 Å². The second-order valence-electron chi connectivity index (χ2n) is 3.20. The van der Waals surface area contributed by atoms with Gasteiger partial charge in [-0.15, -0.1) is 0 Å². The molecule has 0 fully saturated rings.